The Labute approximate surface area is 117 Å². The summed E-state index contributed by atoms with van der Waals surface area (Å²) in [7, 11) is 1.92. The monoisotopic (exact) mass is 268 g/mol. The number of benzene rings is 1. The molecule has 0 saturated carbocycles. The summed E-state index contributed by atoms with van der Waals surface area (Å²) in [6, 6.07) is 12.3. The van der Waals surface area contributed by atoms with Gasteiger partial charge in [0.1, 0.15) is 5.82 Å². The van der Waals surface area contributed by atoms with Gasteiger partial charge in [0.25, 0.3) is 5.56 Å². The molecule has 102 valence electrons. The van der Waals surface area contributed by atoms with Crippen molar-refractivity contribution in [1.82, 2.24) is 4.57 Å². The molecular weight excluding hydrogens is 252 g/mol. The lowest BCUT2D eigenvalue weighted by atomic mass is 10.0. The van der Waals surface area contributed by atoms with E-state index in [1.165, 1.54) is 6.07 Å². The van der Waals surface area contributed by atoms with Crippen molar-refractivity contribution in [2.24, 2.45) is 0 Å². The molecule has 1 aromatic carbocycles. The maximum absolute atomic E-state index is 12.6. The number of anilines is 1. The molecule has 4 nitrogen and oxygen atoms in total. The van der Waals surface area contributed by atoms with Crippen molar-refractivity contribution >= 4 is 11.6 Å². The predicted octanol–water partition coefficient (Wildman–Crippen LogP) is 1.92. The summed E-state index contributed by atoms with van der Waals surface area (Å²) in [6.45, 7) is 1.53. The number of ketones is 1. The van der Waals surface area contributed by atoms with Crippen LogP contribution in [-0.2, 0) is 6.54 Å². The SMILES string of the molecule is CN1CCCn2c1c(C(=O)c1ccccc1)ccc2=O. The third-order valence-electron chi connectivity index (χ3n) is 3.67. The Hall–Kier alpha value is -2.36. The molecule has 2 aromatic rings. The van der Waals surface area contributed by atoms with Crippen LogP contribution in [0.1, 0.15) is 22.3 Å². The van der Waals surface area contributed by atoms with Crippen LogP contribution in [0.5, 0.6) is 0 Å². The second-order valence-electron chi connectivity index (χ2n) is 5.03. The fourth-order valence-corrected chi connectivity index (χ4v) is 2.69. The Morgan fingerprint density at radius 2 is 1.80 bits per heavy atom. The van der Waals surface area contributed by atoms with Crippen LogP contribution >= 0.6 is 0 Å². The summed E-state index contributed by atoms with van der Waals surface area (Å²) in [5.74, 6) is 0.695. The molecular formula is C16H16N2O2. The molecule has 1 aliphatic rings. The highest BCUT2D eigenvalue weighted by Crippen LogP contribution is 2.24. The fourth-order valence-electron chi connectivity index (χ4n) is 2.69. The van der Waals surface area contributed by atoms with E-state index in [2.05, 4.69) is 0 Å². The molecule has 1 aliphatic heterocycles. The van der Waals surface area contributed by atoms with E-state index in [1.807, 2.05) is 30.1 Å². The first kappa shape index (κ1) is 12.7. The van der Waals surface area contributed by atoms with Crippen LogP contribution in [0.25, 0.3) is 0 Å². The number of hydrogen-bond acceptors (Lipinski definition) is 3. The molecule has 3 rings (SSSR count). The zero-order chi connectivity index (χ0) is 14.1. The average molecular weight is 268 g/mol. The van der Waals surface area contributed by atoms with Crippen LogP contribution < -0.4 is 10.5 Å². The van der Waals surface area contributed by atoms with E-state index < -0.39 is 0 Å². The second kappa shape index (κ2) is 4.96. The Kier molecular flexibility index (Phi) is 3.14. The van der Waals surface area contributed by atoms with Gasteiger partial charge in [0, 0.05) is 31.8 Å². The summed E-state index contributed by atoms with van der Waals surface area (Å²) in [4.78, 5) is 26.6. The molecule has 0 fully saturated rings. The summed E-state index contributed by atoms with van der Waals surface area (Å²) in [5, 5.41) is 0. The molecule has 0 N–H and O–H groups in total. The summed E-state index contributed by atoms with van der Waals surface area (Å²) in [5.41, 5.74) is 1.20. The number of carbonyl (C=O) groups is 1. The van der Waals surface area contributed by atoms with Crippen molar-refractivity contribution in [2.45, 2.75) is 13.0 Å². The molecule has 20 heavy (non-hydrogen) atoms. The van der Waals surface area contributed by atoms with Crippen LogP contribution in [-0.4, -0.2) is 23.9 Å². The van der Waals surface area contributed by atoms with Gasteiger partial charge < -0.3 is 4.90 Å². The average Bonchev–Trinajstić information content (AvgIpc) is 2.49. The molecule has 2 heterocycles. The lowest BCUT2D eigenvalue weighted by Gasteiger charge is -2.30. The maximum Gasteiger partial charge on any atom is 0.252 e. The van der Waals surface area contributed by atoms with Gasteiger partial charge in [-0.05, 0) is 12.5 Å². The Balaban J connectivity index is 2.16. The van der Waals surface area contributed by atoms with Crippen LogP contribution in [0.15, 0.2) is 47.3 Å². The normalized spacial score (nSPS) is 13.9. The first-order chi connectivity index (χ1) is 9.68. The van der Waals surface area contributed by atoms with E-state index in [1.54, 1.807) is 22.8 Å². The molecule has 0 atom stereocenters. The highest BCUT2D eigenvalue weighted by molar-refractivity contribution is 6.12. The minimum Gasteiger partial charge on any atom is -0.360 e. The number of pyridine rings is 1. The van der Waals surface area contributed by atoms with Gasteiger partial charge in [0.2, 0.25) is 0 Å². The van der Waals surface area contributed by atoms with E-state index >= 15 is 0 Å². The highest BCUT2D eigenvalue weighted by atomic mass is 16.1. The van der Waals surface area contributed by atoms with Crippen molar-refractivity contribution in [1.29, 1.82) is 0 Å². The summed E-state index contributed by atoms with van der Waals surface area (Å²) < 4.78 is 1.69. The van der Waals surface area contributed by atoms with Gasteiger partial charge in [-0.3, -0.25) is 14.2 Å². The van der Waals surface area contributed by atoms with Gasteiger partial charge in [-0.1, -0.05) is 30.3 Å². The lowest BCUT2D eigenvalue weighted by molar-refractivity contribution is 0.103. The topological polar surface area (TPSA) is 42.3 Å². The Morgan fingerprint density at radius 1 is 1.05 bits per heavy atom. The van der Waals surface area contributed by atoms with Crippen LogP contribution in [0.4, 0.5) is 5.82 Å². The van der Waals surface area contributed by atoms with E-state index in [0.29, 0.717) is 17.7 Å². The van der Waals surface area contributed by atoms with Gasteiger partial charge >= 0.3 is 0 Å². The molecule has 0 unspecified atom stereocenters. The van der Waals surface area contributed by atoms with Crippen molar-refractivity contribution in [3.8, 4) is 0 Å². The standard InChI is InChI=1S/C16H16N2O2/c1-17-10-5-11-18-14(19)9-8-13(16(17)18)15(20)12-6-3-2-4-7-12/h2-4,6-9H,5,10-11H2,1H3. The first-order valence-electron chi connectivity index (χ1n) is 6.73. The Bertz CT molecular complexity index is 704. The molecule has 4 heteroatoms. The smallest absolute Gasteiger partial charge is 0.252 e. The van der Waals surface area contributed by atoms with E-state index in [4.69, 9.17) is 0 Å². The number of aromatic nitrogens is 1. The van der Waals surface area contributed by atoms with E-state index in [9.17, 15) is 9.59 Å². The largest absolute Gasteiger partial charge is 0.360 e. The molecule has 0 spiro atoms. The minimum absolute atomic E-state index is 0.0388. The molecule has 0 bridgehead atoms. The van der Waals surface area contributed by atoms with Gasteiger partial charge in [-0.25, -0.2) is 0 Å². The molecule has 0 amide bonds. The molecule has 0 aliphatic carbocycles. The van der Waals surface area contributed by atoms with Gasteiger partial charge in [0.15, 0.2) is 5.78 Å². The Morgan fingerprint density at radius 3 is 2.55 bits per heavy atom. The van der Waals surface area contributed by atoms with Gasteiger partial charge in [-0.2, -0.15) is 0 Å². The first-order valence-corrected chi connectivity index (χ1v) is 6.73. The highest BCUT2D eigenvalue weighted by Gasteiger charge is 2.22. The predicted molar refractivity (Wildman–Crippen MR) is 78.5 cm³/mol. The summed E-state index contributed by atoms with van der Waals surface area (Å²) >= 11 is 0. The van der Waals surface area contributed by atoms with Crippen molar-refractivity contribution in [3.05, 3.63) is 63.9 Å². The number of nitrogens with zero attached hydrogens (tertiary/aromatic N) is 2. The van der Waals surface area contributed by atoms with Crippen molar-refractivity contribution in [2.75, 3.05) is 18.5 Å². The zero-order valence-corrected chi connectivity index (χ0v) is 11.4. The maximum atomic E-state index is 12.6. The fraction of sp³-hybridized carbons (Fsp3) is 0.250. The van der Waals surface area contributed by atoms with E-state index in [0.717, 1.165) is 18.8 Å². The lowest BCUT2D eigenvalue weighted by Crippen LogP contribution is -2.36. The number of hydrogen-bond donors (Lipinski definition) is 0. The molecule has 0 saturated heterocycles. The van der Waals surface area contributed by atoms with Gasteiger partial charge in [-0.15, -0.1) is 0 Å². The zero-order valence-electron chi connectivity index (χ0n) is 11.4. The van der Waals surface area contributed by atoms with E-state index in [-0.39, 0.29) is 11.3 Å². The molecule has 1 aromatic heterocycles. The van der Waals surface area contributed by atoms with Gasteiger partial charge in [0.05, 0.1) is 5.56 Å². The third kappa shape index (κ3) is 2.03. The number of fused-ring (bicyclic) bond motifs is 1. The second-order valence-corrected chi connectivity index (χ2v) is 5.03. The van der Waals surface area contributed by atoms with Crippen LogP contribution in [0.3, 0.4) is 0 Å². The van der Waals surface area contributed by atoms with Crippen LogP contribution in [0.2, 0.25) is 0 Å². The summed E-state index contributed by atoms with van der Waals surface area (Å²) in [6.07, 6.45) is 0.923. The van der Waals surface area contributed by atoms with Crippen molar-refractivity contribution < 1.29 is 4.79 Å². The minimum atomic E-state index is -0.0452. The number of rotatable bonds is 2. The number of carbonyl (C=O) groups excluding carboxylic acids is 1. The molecule has 0 radical (unpaired) electrons. The van der Waals surface area contributed by atoms with Crippen LogP contribution in [0, 0.1) is 0 Å². The van der Waals surface area contributed by atoms with Crippen molar-refractivity contribution in [3.63, 3.8) is 0 Å². The quantitative estimate of drug-likeness (QED) is 0.781. The third-order valence-corrected chi connectivity index (χ3v) is 3.67.